The molecule has 0 saturated carbocycles. The number of fused-ring (bicyclic) bond motifs is 3. The number of methoxy groups -OCH3 is 1. The van der Waals surface area contributed by atoms with Crippen molar-refractivity contribution in [3.05, 3.63) is 96.7 Å². The zero-order valence-corrected chi connectivity index (χ0v) is 19.2. The van der Waals surface area contributed by atoms with Gasteiger partial charge in [-0.05, 0) is 36.4 Å². The molecule has 0 N–H and O–H groups in total. The van der Waals surface area contributed by atoms with Crippen LogP contribution in [0.1, 0.15) is 11.1 Å². The van der Waals surface area contributed by atoms with Crippen LogP contribution in [0.4, 0.5) is 0 Å². The Hall–Kier alpha value is -3.06. The van der Waals surface area contributed by atoms with Crippen LogP contribution >= 0.6 is 34.5 Å². The topological polar surface area (TPSA) is 52.8 Å². The fourth-order valence-corrected chi connectivity index (χ4v) is 4.94. The van der Waals surface area contributed by atoms with Gasteiger partial charge in [0, 0.05) is 21.2 Å². The lowest BCUT2D eigenvalue weighted by atomic mass is 10.1. The minimum atomic E-state index is -0.117. The molecule has 0 spiro atoms. The Balaban J connectivity index is 1.59. The normalized spacial score (nSPS) is 12.0. The average Bonchev–Trinajstić information content (AvgIpc) is 3.29. The van der Waals surface area contributed by atoms with E-state index in [1.54, 1.807) is 29.7 Å². The van der Waals surface area contributed by atoms with Gasteiger partial charge in [-0.2, -0.15) is 0 Å². The van der Waals surface area contributed by atoms with E-state index in [1.807, 2.05) is 48.5 Å². The summed E-state index contributed by atoms with van der Waals surface area (Å²) in [4.78, 5) is 18.4. The standard InChI is InChI=1S/C24H16Cl2N2O3S/c1-30-20-8-4-5-14(22(20)31-13-15-9-10-16(25)12-17(15)26)11-21-23(29)28-19-7-3-2-6-18(19)27-24(28)32-21/h2-12H,13H2,1H3/b21-11-. The molecule has 32 heavy (non-hydrogen) atoms. The fraction of sp³-hybridized carbons (Fsp3) is 0.0833. The molecule has 0 atom stereocenters. The minimum absolute atomic E-state index is 0.117. The van der Waals surface area contributed by atoms with Crippen LogP contribution in [0.5, 0.6) is 11.5 Å². The number of para-hydroxylation sites is 3. The van der Waals surface area contributed by atoms with E-state index < -0.39 is 0 Å². The Morgan fingerprint density at radius 2 is 1.94 bits per heavy atom. The molecule has 0 radical (unpaired) electrons. The lowest BCUT2D eigenvalue weighted by Gasteiger charge is -2.14. The van der Waals surface area contributed by atoms with Crippen LogP contribution in [-0.2, 0) is 6.61 Å². The average molecular weight is 483 g/mol. The van der Waals surface area contributed by atoms with E-state index in [2.05, 4.69) is 4.98 Å². The molecule has 5 rings (SSSR count). The maximum absolute atomic E-state index is 13.1. The van der Waals surface area contributed by atoms with Crippen molar-refractivity contribution >= 4 is 56.6 Å². The highest BCUT2D eigenvalue weighted by atomic mass is 35.5. The van der Waals surface area contributed by atoms with Crippen molar-refractivity contribution in [1.82, 2.24) is 9.38 Å². The van der Waals surface area contributed by atoms with Crippen molar-refractivity contribution in [3.63, 3.8) is 0 Å². The molecule has 160 valence electrons. The minimum Gasteiger partial charge on any atom is -0.493 e. The first-order chi connectivity index (χ1) is 15.5. The smallest absolute Gasteiger partial charge is 0.274 e. The Morgan fingerprint density at radius 3 is 2.75 bits per heavy atom. The highest BCUT2D eigenvalue weighted by molar-refractivity contribution is 7.15. The molecule has 8 heteroatoms. The van der Waals surface area contributed by atoms with Gasteiger partial charge in [-0.3, -0.25) is 4.79 Å². The number of halogens is 2. The van der Waals surface area contributed by atoms with Gasteiger partial charge in [-0.1, -0.05) is 64.9 Å². The van der Waals surface area contributed by atoms with Crippen molar-refractivity contribution in [3.8, 4) is 11.5 Å². The van der Waals surface area contributed by atoms with Gasteiger partial charge in [0.05, 0.1) is 22.7 Å². The highest BCUT2D eigenvalue weighted by Crippen LogP contribution is 2.33. The summed E-state index contributed by atoms with van der Waals surface area (Å²) in [6.07, 6.45) is 1.80. The monoisotopic (exact) mass is 482 g/mol. The highest BCUT2D eigenvalue weighted by Gasteiger charge is 2.14. The number of nitrogens with zero attached hydrogens (tertiary/aromatic N) is 2. The maximum Gasteiger partial charge on any atom is 0.274 e. The third-order valence-electron chi connectivity index (χ3n) is 5.05. The van der Waals surface area contributed by atoms with Crippen LogP contribution in [0.15, 0.2) is 65.5 Å². The Labute approximate surface area is 197 Å². The molecule has 0 fully saturated rings. The zero-order valence-electron chi connectivity index (χ0n) is 16.8. The van der Waals surface area contributed by atoms with E-state index >= 15 is 0 Å². The third kappa shape index (κ3) is 3.71. The van der Waals surface area contributed by atoms with Crippen LogP contribution in [-0.4, -0.2) is 16.5 Å². The molecule has 0 amide bonds. The van der Waals surface area contributed by atoms with E-state index in [0.717, 1.165) is 22.2 Å². The second kappa shape index (κ2) is 8.47. The van der Waals surface area contributed by atoms with Gasteiger partial charge in [0.15, 0.2) is 16.5 Å². The molecule has 0 unspecified atom stereocenters. The first-order valence-corrected chi connectivity index (χ1v) is 11.3. The Morgan fingerprint density at radius 1 is 1.09 bits per heavy atom. The first kappa shape index (κ1) is 20.8. The van der Waals surface area contributed by atoms with Crippen LogP contribution < -0.4 is 19.6 Å². The second-order valence-electron chi connectivity index (χ2n) is 7.04. The summed E-state index contributed by atoms with van der Waals surface area (Å²) in [7, 11) is 1.58. The summed E-state index contributed by atoms with van der Waals surface area (Å²) in [6.45, 7) is 0.222. The van der Waals surface area contributed by atoms with Crippen LogP contribution in [0.25, 0.3) is 22.1 Å². The van der Waals surface area contributed by atoms with Crippen LogP contribution in [0, 0.1) is 0 Å². The molecule has 5 aromatic rings. The number of benzene rings is 3. The molecule has 0 saturated heterocycles. The summed E-state index contributed by atoms with van der Waals surface area (Å²) in [6, 6.07) is 18.4. The quantitative estimate of drug-likeness (QED) is 0.338. The van der Waals surface area contributed by atoms with Crippen molar-refractivity contribution < 1.29 is 9.47 Å². The Bertz CT molecular complexity index is 1580. The molecule has 5 nitrogen and oxygen atoms in total. The van der Waals surface area contributed by atoms with E-state index in [9.17, 15) is 4.79 Å². The third-order valence-corrected chi connectivity index (χ3v) is 6.60. The summed E-state index contributed by atoms with van der Waals surface area (Å²) in [5, 5.41) is 1.08. The lowest BCUT2D eigenvalue weighted by molar-refractivity contribution is 0.284. The van der Waals surface area contributed by atoms with Crippen molar-refractivity contribution in [2.75, 3.05) is 7.11 Å². The SMILES string of the molecule is COc1cccc(/C=c2\sc3nc4ccccc4n3c2=O)c1OCc1ccc(Cl)cc1Cl. The van der Waals surface area contributed by atoms with E-state index in [-0.39, 0.29) is 12.2 Å². The van der Waals surface area contributed by atoms with Gasteiger partial charge < -0.3 is 9.47 Å². The predicted octanol–water partition coefficient (Wildman–Crippen LogP) is 5.35. The molecular formula is C24H16Cl2N2O3S. The first-order valence-electron chi connectivity index (χ1n) is 9.70. The molecule has 3 aromatic carbocycles. The van der Waals surface area contributed by atoms with E-state index in [0.29, 0.717) is 31.0 Å². The molecule has 2 aromatic heterocycles. The number of imidazole rings is 1. The molecule has 0 aliphatic rings. The van der Waals surface area contributed by atoms with Crippen LogP contribution in [0.3, 0.4) is 0 Å². The molecule has 0 aliphatic heterocycles. The summed E-state index contributed by atoms with van der Waals surface area (Å²) in [5.41, 5.74) is 2.99. The predicted molar refractivity (Wildman–Crippen MR) is 129 cm³/mol. The second-order valence-corrected chi connectivity index (χ2v) is 8.89. The van der Waals surface area contributed by atoms with Gasteiger partial charge in [-0.25, -0.2) is 9.38 Å². The number of aromatic nitrogens is 2. The summed E-state index contributed by atoms with van der Waals surface area (Å²) in [5.74, 6) is 1.08. The van der Waals surface area contributed by atoms with Crippen LogP contribution in [0.2, 0.25) is 10.0 Å². The number of hydrogen-bond acceptors (Lipinski definition) is 5. The largest absolute Gasteiger partial charge is 0.493 e. The van der Waals surface area contributed by atoms with Gasteiger partial charge in [0.25, 0.3) is 5.56 Å². The molecule has 0 bridgehead atoms. The van der Waals surface area contributed by atoms with E-state index in [4.69, 9.17) is 32.7 Å². The van der Waals surface area contributed by atoms with Gasteiger partial charge in [0.2, 0.25) is 0 Å². The van der Waals surface area contributed by atoms with Gasteiger partial charge in [-0.15, -0.1) is 0 Å². The number of thiazole rings is 1. The van der Waals surface area contributed by atoms with Crippen molar-refractivity contribution in [1.29, 1.82) is 0 Å². The summed E-state index contributed by atoms with van der Waals surface area (Å²) < 4.78 is 13.8. The van der Waals surface area contributed by atoms with Gasteiger partial charge in [0.1, 0.15) is 6.61 Å². The molecular weight excluding hydrogens is 467 g/mol. The number of hydrogen-bond donors (Lipinski definition) is 0. The Kier molecular flexibility index (Phi) is 5.51. The number of rotatable bonds is 5. The van der Waals surface area contributed by atoms with E-state index in [1.165, 1.54) is 11.3 Å². The van der Waals surface area contributed by atoms with Crippen molar-refractivity contribution in [2.24, 2.45) is 0 Å². The molecule has 2 heterocycles. The lowest BCUT2D eigenvalue weighted by Crippen LogP contribution is -2.22. The van der Waals surface area contributed by atoms with Gasteiger partial charge >= 0.3 is 0 Å². The fourth-order valence-electron chi connectivity index (χ4n) is 3.50. The number of ether oxygens (including phenoxy) is 2. The summed E-state index contributed by atoms with van der Waals surface area (Å²) >= 11 is 13.6. The molecule has 0 aliphatic carbocycles. The van der Waals surface area contributed by atoms with Crippen molar-refractivity contribution in [2.45, 2.75) is 6.61 Å². The maximum atomic E-state index is 13.1. The zero-order chi connectivity index (χ0) is 22.2.